The van der Waals surface area contributed by atoms with Gasteiger partial charge in [-0.3, -0.25) is 0 Å². The smallest absolute Gasteiger partial charge is 0.0389 e. The Hall–Kier alpha value is -1.38. The zero-order valence-corrected chi connectivity index (χ0v) is 36.6. The maximum atomic E-state index is 2.83. The van der Waals surface area contributed by atoms with Gasteiger partial charge in [0.05, 0.1) is 0 Å². The molecule has 52 heavy (non-hydrogen) atoms. The minimum atomic E-state index is 0.191. The van der Waals surface area contributed by atoms with Crippen molar-refractivity contribution < 1.29 is 0 Å². The summed E-state index contributed by atoms with van der Waals surface area (Å²) >= 11 is 4.23. The third kappa shape index (κ3) is 9.70. The molecule has 2 heteroatoms. The van der Waals surface area contributed by atoms with Crippen molar-refractivity contribution in [3.63, 3.8) is 0 Å². The Labute approximate surface area is 330 Å². The number of aryl methyl sites for hydroxylation is 2. The molecule has 0 atom stereocenters. The number of thiophene rings is 2. The molecule has 0 unspecified atom stereocenters. The summed E-state index contributed by atoms with van der Waals surface area (Å²) in [7, 11) is 0. The van der Waals surface area contributed by atoms with Crippen LogP contribution in [0.1, 0.15) is 239 Å². The Balaban J connectivity index is 1.54. The van der Waals surface area contributed by atoms with Gasteiger partial charge in [-0.25, -0.2) is 0 Å². The van der Waals surface area contributed by atoms with Crippen molar-refractivity contribution >= 4 is 22.7 Å². The van der Waals surface area contributed by atoms with Crippen molar-refractivity contribution in [2.75, 3.05) is 0 Å². The summed E-state index contributed by atoms with van der Waals surface area (Å²) in [6.45, 7) is 14.2. The van der Waals surface area contributed by atoms with Crippen molar-refractivity contribution in [3.05, 3.63) is 56.3 Å². The van der Waals surface area contributed by atoms with Crippen LogP contribution in [0.15, 0.2) is 24.3 Å². The molecule has 290 valence electrons. The first-order valence-corrected chi connectivity index (χ1v) is 24.5. The lowest BCUT2D eigenvalue weighted by atomic mass is 9.68. The van der Waals surface area contributed by atoms with E-state index in [9.17, 15) is 0 Å². The van der Waals surface area contributed by atoms with Crippen LogP contribution >= 0.6 is 22.7 Å². The molecular formula is C50H78S2. The lowest BCUT2D eigenvalue weighted by Crippen LogP contribution is -2.27. The van der Waals surface area contributed by atoms with E-state index >= 15 is 0 Å². The molecule has 1 aromatic carbocycles. The summed E-state index contributed by atoms with van der Waals surface area (Å²) in [5.74, 6) is 0. The fourth-order valence-corrected chi connectivity index (χ4v) is 12.6. The molecule has 0 saturated carbocycles. The van der Waals surface area contributed by atoms with E-state index in [0.717, 1.165) is 0 Å². The predicted molar refractivity (Wildman–Crippen MR) is 236 cm³/mol. The molecule has 0 amide bonds. The third-order valence-electron chi connectivity index (χ3n) is 13.2. The van der Waals surface area contributed by atoms with Crippen molar-refractivity contribution in [3.8, 4) is 20.9 Å². The van der Waals surface area contributed by atoms with E-state index in [1.54, 1.807) is 43.1 Å². The number of hydrogen-bond acceptors (Lipinski definition) is 2. The van der Waals surface area contributed by atoms with Crippen molar-refractivity contribution in [1.82, 2.24) is 0 Å². The number of benzene rings is 1. The van der Waals surface area contributed by atoms with Gasteiger partial charge in [0.2, 0.25) is 0 Å². The van der Waals surface area contributed by atoms with Gasteiger partial charge in [0.15, 0.2) is 0 Å². The second-order valence-corrected chi connectivity index (χ2v) is 19.9. The Kier molecular flexibility index (Phi) is 16.9. The summed E-state index contributed by atoms with van der Waals surface area (Å²) < 4.78 is 0. The summed E-state index contributed by atoms with van der Waals surface area (Å²) in [6, 6.07) is 11.0. The fraction of sp³-hybridized carbons (Fsp3) is 0.720. The Bertz CT molecular complexity index is 1340. The van der Waals surface area contributed by atoms with Gasteiger partial charge in [-0.15, -0.1) is 22.7 Å². The van der Waals surface area contributed by atoms with E-state index in [-0.39, 0.29) is 10.8 Å². The number of fused-ring (bicyclic) bond motifs is 6. The first-order chi connectivity index (χ1) is 25.5. The molecule has 2 aliphatic rings. The molecule has 0 N–H and O–H groups in total. The monoisotopic (exact) mass is 743 g/mol. The third-order valence-corrected chi connectivity index (χ3v) is 15.4. The summed E-state index contributed by atoms with van der Waals surface area (Å²) in [5, 5.41) is 0. The van der Waals surface area contributed by atoms with Crippen LogP contribution in [0.2, 0.25) is 0 Å². The average Bonchev–Trinajstić information content (AvgIpc) is 3.85. The largest absolute Gasteiger partial charge is 0.140 e. The molecular weight excluding hydrogens is 665 g/mol. The van der Waals surface area contributed by atoms with E-state index in [1.807, 2.05) is 0 Å². The summed E-state index contributed by atoms with van der Waals surface area (Å²) in [4.78, 5) is 6.33. The highest BCUT2D eigenvalue weighted by Gasteiger charge is 2.49. The molecule has 3 aromatic rings. The van der Waals surface area contributed by atoms with Crippen molar-refractivity contribution in [1.29, 1.82) is 0 Å². The normalized spacial score (nSPS) is 14.9. The van der Waals surface area contributed by atoms with Gasteiger partial charge in [0, 0.05) is 30.3 Å². The minimum Gasteiger partial charge on any atom is -0.140 e. The SMILES string of the molecule is CCCCCCCCC1(CCCCCCCC)c2cc3c(cc2-c2sc(C)cc21)C(CCCCCCCC)(CCCCCCCC)c1cc(C)sc1-3. The summed E-state index contributed by atoms with van der Waals surface area (Å²) in [6.07, 6.45) is 38.6. The zero-order valence-electron chi connectivity index (χ0n) is 34.9. The summed E-state index contributed by atoms with van der Waals surface area (Å²) in [5.41, 5.74) is 10.6. The maximum absolute atomic E-state index is 2.83. The molecule has 0 bridgehead atoms. The molecule has 2 aliphatic carbocycles. The molecule has 5 rings (SSSR count). The molecule has 0 nitrogen and oxygen atoms in total. The number of hydrogen-bond donors (Lipinski definition) is 0. The fourth-order valence-electron chi connectivity index (χ4n) is 10.4. The van der Waals surface area contributed by atoms with E-state index in [0.29, 0.717) is 0 Å². The Morgan fingerprint density at radius 2 is 0.615 bits per heavy atom. The van der Waals surface area contributed by atoms with E-state index < -0.39 is 0 Å². The van der Waals surface area contributed by atoms with Gasteiger partial charge in [-0.05, 0) is 97.2 Å². The van der Waals surface area contributed by atoms with Gasteiger partial charge < -0.3 is 0 Å². The standard InChI is InChI=1S/C50H78S2/c1-7-11-15-19-23-27-31-49(32-28-24-20-16-12-8-2)43-37-42-44(38-41(43)47-45(49)35-39(5)51-47)50(33-29-25-21-17-13-9-3,34-30-26-22-18-14-10-4)46-36-40(6)52-48(42)46/h35-38H,7-34H2,1-6H3. The van der Waals surface area contributed by atoms with E-state index in [4.69, 9.17) is 0 Å². The molecule has 0 fully saturated rings. The molecule has 0 saturated heterocycles. The molecule has 0 radical (unpaired) electrons. The quantitative estimate of drug-likeness (QED) is 0.0650. The highest BCUT2D eigenvalue weighted by atomic mass is 32.1. The van der Waals surface area contributed by atoms with Gasteiger partial charge in [-0.2, -0.15) is 0 Å². The Morgan fingerprint density at radius 3 is 0.904 bits per heavy atom. The zero-order chi connectivity index (χ0) is 36.8. The van der Waals surface area contributed by atoms with E-state index in [1.165, 1.54) is 190 Å². The van der Waals surface area contributed by atoms with Crippen LogP contribution in [0.25, 0.3) is 20.9 Å². The highest BCUT2D eigenvalue weighted by Crippen LogP contribution is 2.63. The molecule has 0 spiro atoms. The molecule has 0 aliphatic heterocycles. The topological polar surface area (TPSA) is 0 Å². The van der Waals surface area contributed by atoms with Crippen LogP contribution < -0.4 is 0 Å². The predicted octanol–water partition coefficient (Wildman–Crippen LogP) is 18.0. The van der Waals surface area contributed by atoms with Crippen LogP contribution in [0.4, 0.5) is 0 Å². The highest BCUT2D eigenvalue weighted by molar-refractivity contribution is 7.16. The first kappa shape index (κ1) is 41.8. The van der Waals surface area contributed by atoms with Crippen LogP contribution in [-0.4, -0.2) is 0 Å². The van der Waals surface area contributed by atoms with E-state index in [2.05, 4.69) is 88.5 Å². The van der Waals surface area contributed by atoms with Gasteiger partial charge >= 0.3 is 0 Å². The second-order valence-electron chi connectivity index (χ2n) is 17.4. The lowest BCUT2D eigenvalue weighted by molar-refractivity contribution is 0.395. The molecule has 2 heterocycles. The van der Waals surface area contributed by atoms with Crippen LogP contribution in [-0.2, 0) is 10.8 Å². The minimum absolute atomic E-state index is 0.191. The van der Waals surface area contributed by atoms with Crippen LogP contribution in [0, 0.1) is 13.8 Å². The van der Waals surface area contributed by atoms with Crippen LogP contribution in [0.3, 0.4) is 0 Å². The maximum Gasteiger partial charge on any atom is 0.0389 e. The molecule has 2 aromatic heterocycles. The van der Waals surface area contributed by atoms with Gasteiger partial charge in [0.1, 0.15) is 0 Å². The first-order valence-electron chi connectivity index (χ1n) is 22.9. The van der Waals surface area contributed by atoms with Crippen molar-refractivity contribution in [2.24, 2.45) is 0 Å². The van der Waals surface area contributed by atoms with Crippen LogP contribution in [0.5, 0.6) is 0 Å². The van der Waals surface area contributed by atoms with Gasteiger partial charge in [-0.1, -0.05) is 182 Å². The lowest BCUT2D eigenvalue weighted by Gasteiger charge is -2.34. The van der Waals surface area contributed by atoms with Gasteiger partial charge in [0.25, 0.3) is 0 Å². The average molecular weight is 743 g/mol. The number of rotatable bonds is 28. The van der Waals surface area contributed by atoms with Crippen molar-refractivity contribution in [2.45, 2.75) is 232 Å². The second kappa shape index (κ2) is 21.1. The Morgan fingerprint density at radius 1 is 0.346 bits per heavy atom. The number of unbranched alkanes of at least 4 members (excludes halogenated alkanes) is 20.